The maximum Gasteiger partial charge on any atom is 0.194 e. The number of benzene rings is 1. The Bertz CT molecular complexity index is 925. The fourth-order valence-electron chi connectivity index (χ4n) is 3.31. The lowest BCUT2D eigenvalue weighted by atomic mass is 10.2. The molecule has 0 atom stereocenters. The number of sulfone groups is 1. The van der Waals surface area contributed by atoms with E-state index in [4.69, 9.17) is 4.99 Å². The van der Waals surface area contributed by atoms with E-state index in [0.717, 1.165) is 24.9 Å². The van der Waals surface area contributed by atoms with Crippen molar-refractivity contribution in [1.29, 1.82) is 0 Å². The van der Waals surface area contributed by atoms with Gasteiger partial charge in [-0.3, -0.25) is 0 Å². The Hall–Kier alpha value is -1.62. The third-order valence-electron chi connectivity index (χ3n) is 5.05. The predicted molar refractivity (Wildman–Crippen MR) is 127 cm³/mol. The van der Waals surface area contributed by atoms with Crippen LogP contribution in [0.4, 0.5) is 0 Å². The third-order valence-corrected chi connectivity index (χ3v) is 7.58. The summed E-state index contributed by atoms with van der Waals surface area (Å²) < 4.78 is 25.9. The molecule has 0 aliphatic carbocycles. The molecule has 0 amide bonds. The Morgan fingerprint density at radius 3 is 2.66 bits per heavy atom. The smallest absolute Gasteiger partial charge is 0.194 e. The lowest BCUT2D eigenvalue weighted by Crippen LogP contribution is -2.57. The average Bonchev–Trinajstić information content (AvgIpc) is 3.09. The summed E-state index contributed by atoms with van der Waals surface area (Å²) in [6.07, 6.45) is 3.75. The van der Waals surface area contributed by atoms with E-state index in [-0.39, 0.29) is 29.7 Å². The van der Waals surface area contributed by atoms with Crippen LogP contribution in [0.1, 0.15) is 32.2 Å². The summed E-state index contributed by atoms with van der Waals surface area (Å²) in [5.74, 6) is 1.76. The van der Waals surface area contributed by atoms with Gasteiger partial charge in [0.05, 0.1) is 10.5 Å². The molecule has 7 nitrogen and oxygen atoms in total. The second kappa shape index (κ2) is 9.92. The van der Waals surface area contributed by atoms with Gasteiger partial charge in [-0.15, -0.1) is 24.0 Å². The minimum absolute atomic E-state index is 0. The molecule has 2 heterocycles. The molecule has 2 aromatic rings. The molecule has 160 valence electrons. The zero-order valence-corrected chi connectivity index (χ0v) is 20.4. The quantitative estimate of drug-likeness (QED) is 0.365. The first kappa shape index (κ1) is 23.7. The molecule has 29 heavy (non-hydrogen) atoms. The van der Waals surface area contributed by atoms with E-state index in [1.165, 1.54) is 5.56 Å². The summed E-state index contributed by atoms with van der Waals surface area (Å²) in [5, 5.41) is 3.29. The van der Waals surface area contributed by atoms with E-state index in [1.807, 2.05) is 36.2 Å². The van der Waals surface area contributed by atoms with Gasteiger partial charge in [0.15, 0.2) is 15.8 Å². The van der Waals surface area contributed by atoms with Crippen LogP contribution >= 0.6 is 24.0 Å². The Balaban J connectivity index is 0.00000300. The van der Waals surface area contributed by atoms with Crippen molar-refractivity contribution < 1.29 is 8.42 Å². The number of hydrogen-bond donors (Lipinski definition) is 1. The van der Waals surface area contributed by atoms with Gasteiger partial charge < -0.3 is 14.8 Å². The number of rotatable bonds is 5. The fraction of sp³-hybridized carbons (Fsp3) is 0.500. The fourth-order valence-corrected chi connectivity index (χ4v) is 4.68. The molecule has 1 N–H and O–H groups in total. The third kappa shape index (κ3) is 5.71. The van der Waals surface area contributed by atoms with E-state index in [0.29, 0.717) is 19.6 Å². The number of guanidine groups is 1. The van der Waals surface area contributed by atoms with Crippen LogP contribution in [-0.2, 0) is 22.9 Å². The lowest BCUT2D eigenvalue weighted by Gasteiger charge is -2.39. The van der Waals surface area contributed by atoms with Crippen LogP contribution in [0.25, 0.3) is 0 Å². The topological polar surface area (TPSA) is 79.6 Å². The maximum atomic E-state index is 12.3. The number of halogens is 1. The van der Waals surface area contributed by atoms with Gasteiger partial charge in [0.2, 0.25) is 0 Å². The molecule has 1 aromatic carbocycles. The standard InChI is InChI=1S/C20H29N5O2S.HI/c1-4-21-19(25-12-13-28(26,27)20(2,3)16-25)23-14-18-22-10-11-24(18)15-17-8-6-5-7-9-17;/h5-11H,4,12-16H2,1-3H3,(H,21,23);1H. The van der Waals surface area contributed by atoms with Crippen molar-refractivity contribution in [2.45, 2.75) is 38.6 Å². The SMILES string of the molecule is CCNC(=NCc1nccn1Cc1ccccc1)N1CCS(=O)(=O)C(C)(C)C1.I. The van der Waals surface area contributed by atoms with Crippen LogP contribution in [0, 0.1) is 0 Å². The molecule has 0 bridgehead atoms. The normalized spacial score (nSPS) is 18.2. The molecule has 0 saturated carbocycles. The molecular weight excluding hydrogens is 501 g/mol. The Kier molecular flexibility index (Phi) is 8.10. The van der Waals surface area contributed by atoms with Crippen LogP contribution in [0.2, 0.25) is 0 Å². The minimum Gasteiger partial charge on any atom is -0.357 e. The van der Waals surface area contributed by atoms with Crippen molar-refractivity contribution >= 4 is 39.8 Å². The molecule has 9 heteroatoms. The molecule has 1 saturated heterocycles. The number of hydrogen-bond acceptors (Lipinski definition) is 4. The van der Waals surface area contributed by atoms with Crippen molar-refractivity contribution in [3.05, 3.63) is 54.1 Å². The van der Waals surface area contributed by atoms with E-state index in [9.17, 15) is 8.42 Å². The summed E-state index contributed by atoms with van der Waals surface area (Å²) in [6.45, 7) is 8.37. The summed E-state index contributed by atoms with van der Waals surface area (Å²) in [6, 6.07) is 10.2. The second-order valence-electron chi connectivity index (χ2n) is 7.63. The van der Waals surface area contributed by atoms with Crippen molar-refractivity contribution in [2.24, 2.45) is 4.99 Å². The largest absolute Gasteiger partial charge is 0.357 e. The predicted octanol–water partition coefficient (Wildman–Crippen LogP) is 2.52. The summed E-state index contributed by atoms with van der Waals surface area (Å²) in [5.41, 5.74) is 1.21. The van der Waals surface area contributed by atoms with Crippen molar-refractivity contribution in [3.8, 4) is 0 Å². The highest BCUT2D eigenvalue weighted by Crippen LogP contribution is 2.23. The molecule has 1 fully saturated rings. The average molecular weight is 531 g/mol. The first-order chi connectivity index (χ1) is 13.3. The van der Waals surface area contributed by atoms with Gasteiger partial charge in [-0.2, -0.15) is 0 Å². The zero-order chi connectivity index (χ0) is 20.2. The van der Waals surface area contributed by atoms with Crippen LogP contribution in [-0.4, -0.2) is 59.0 Å². The van der Waals surface area contributed by atoms with Gasteiger partial charge in [-0.25, -0.2) is 18.4 Å². The van der Waals surface area contributed by atoms with Gasteiger partial charge in [-0.05, 0) is 26.3 Å². The number of imidazole rings is 1. The maximum absolute atomic E-state index is 12.3. The van der Waals surface area contributed by atoms with Crippen molar-refractivity contribution in [2.75, 3.05) is 25.4 Å². The number of nitrogens with zero attached hydrogens (tertiary/aromatic N) is 4. The highest BCUT2D eigenvalue weighted by molar-refractivity contribution is 14.0. The van der Waals surface area contributed by atoms with E-state index >= 15 is 0 Å². The first-order valence-corrected chi connectivity index (χ1v) is 11.3. The zero-order valence-electron chi connectivity index (χ0n) is 17.2. The summed E-state index contributed by atoms with van der Waals surface area (Å²) in [4.78, 5) is 11.2. The molecule has 3 rings (SSSR count). The molecule has 0 radical (unpaired) electrons. The molecular formula is C20H30IN5O2S. The van der Waals surface area contributed by atoms with E-state index < -0.39 is 14.6 Å². The lowest BCUT2D eigenvalue weighted by molar-refractivity contribution is 0.353. The monoisotopic (exact) mass is 531 g/mol. The molecule has 1 aliphatic rings. The second-order valence-corrected chi connectivity index (χ2v) is 10.4. The first-order valence-electron chi connectivity index (χ1n) is 9.62. The van der Waals surface area contributed by atoms with Crippen molar-refractivity contribution in [1.82, 2.24) is 19.8 Å². The minimum atomic E-state index is -3.08. The van der Waals surface area contributed by atoms with Gasteiger partial charge in [0.1, 0.15) is 12.4 Å². The van der Waals surface area contributed by atoms with Crippen LogP contribution in [0.15, 0.2) is 47.7 Å². The van der Waals surface area contributed by atoms with Gasteiger partial charge >= 0.3 is 0 Å². The number of aromatic nitrogens is 2. The van der Waals surface area contributed by atoms with Gasteiger partial charge in [0, 0.05) is 38.6 Å². The Labute approximate surface area is 190 Å². The van der Waals surface area contributed by atoms with Crippen molar-refractivity contribution in [3.63, 3.8) is 0 Å². The van der Waals surface area contributed by atoms with Gasteiger partial charge in [-0.1, -0.05) is 30.3 Å². The summed E-state index contributed by atoms with van der Waals surface area (Å²) >= 11 is 0. The van der Waals surface area contributed by atoms with Crippen LogP contribution in [0.5, 0.6) is 0 Å². The highest BCUT2D eigenvalue weighted by atomic mass is 127. The van der Waals surface area contributed by atoms with Crippen LogP contribution < -0.4 is 5.32 Å². The molecule has 1 aromatic heterocycles. The number of aliphatic imine (C=N–C) groups is 1. The molecule has 1 aliphatic heterocycles. The van der Waals surface area contributed by atoms with E-state index in [2.05, 4.69) is 27.0 Å². The number of nitrogens with one attached hydrogen (secondary N) is 1. The van der Waals surface area contributed by atoms with Gasteiger partial charge in [0.25, 0.3) is 0 Å². The Morgan fingerprint density at radius 2 is 2.00 bits per heavy atom. The molecule has 0 spiro atoms. The Morgan fingerprint density at radius 1 is 1.28 bits per heavy atom. The summed E-state index contributed by atoms with van der Waals surface area (Å²) in [7, 11) is -3.08. The molecule has 0 unspecified atom stereocenters. The highest BCUT2D eigenvalue weighted by Gasteiger charge is 2.40. The van der Waals surface area contributed by atoms with Crippen LogP contribution in [0.3, 0.4) is 0 Å². The van der Waals surface area contributed by atoms with E-state index in [1.54, 1.807) is 20.0 Å².